The number of likely N-dealkylation sites (N-methyl/N-ethyl adjacent to an activating group) is 1. The maximum absolute atomic E-state index is 12.4. The molecular formula is C21H25N3O4. The normalized spacial score (nSPS) is 14.1. The molecule has 0 aromatic heterocycles. The molecule has 1 saturated heterocycles. The summed E-state index contributed by atoms with van der Waals surface area (Å²) in [6.45, 7) is 0.894. The highest BCUT2D eigenvalue weighted by molar-refractivity contribution is 6.01. The van der Waals surface area contributed by atoms with E-state index < -0.39 is 0 Å². The number of rotatable bonds is 7. The number of nitrogens with zero attached hydrogens (tertiary/aromatic N) is 3. The summed E-state index contributed by atoms with van der Waals surface area (Å²) in [7, 11) is 5.00. The number of amides is 4. The quantitative estimate of drug-likeness (QED) is 0.689. The van der Waals surface area contributed by atoms with Crippen molar-refractivity contribution < 1.29 is 19.1 Å². The van der Waals surface area contributed by atoms with Crippen molar-refractivity contribution in [1.29, 1.82) is 0 Å². The van der Waals surface area contributed by atoms with Crippen molar-refractivity contribution in [2.24, 2.45) is 0 Å². The Morgan fingerprint density at radius 3 is 2.54 bits per heavy atom. The van der Waals surface area contributed by atoms with Gasteiger partial charge in [0.25, 0.3) is 0 Å². The second-order valence-corrected chi connectivity index (χ2v) is 7.08. The largest absolute Gasteiger partial charge is 0.497 e. The number of carbonyl (C=O) groups excluding carboxylic acids is 3. The van der Waals surface area contributed by atoms with E-state index >= 15 is 0 Å². The Morgan fingerprint density at radius 1 is 1.14 bits per heavy atom. The van der Waals surface area contributed by atoms with Crippen LogP contribution in [0.3, 0.4) is 0 Å². The van der Waals surface area contributed by atoms with Crippen LogP contribution in [-0.4, -0.2) is 66.8 Å². The van der Waals surface area contributed by atoms with E-state index in [0.29, 0.717) is 19.4 Å². The first kappa shape index (κ1) is 19.7. The summed E-state index contributed by atoms with van der Waals surface area (Å²) in [6, 6.07) is 11.7. The highest BCUT2D eigenvalue weighted by atomic mass is 16.5. The molecule has 4 amide bonds. The summed E-state index contributed by atoms with van der Waals surface area (Å²) in [5.74, 6) is 0.595. The number of ether oxygens (including phenoxy) is 1. The van der Waals surface area contributed by atoms with Gasteiger partial charge in [-0.2, -0.15) is 0 Å². The minimum Gasteiger partial charge on any atom is -0.497 e. The third-order valence-corrected chi connectivity index (χ3v) is 4.96. The molecule has 0 bridgehead atoms. The number of hydrogen-bond acceptors (Lipinski definition) is 4. The molecule has 0 atom stereocenters. The molecule has 0 unspecified atom stereocenters. The van der Waals surface area contributed by atoms with E-state index in [2.05, 4.69) is 6.07 Å². The van der Waals surface area contributed by atoms with E-state index in [9.17, 15) is 14.4 Å². The number of imide groups is 1. The maximum atomic E-state index is 12.4. The molecule has 2 aromatic carbocycles. The van der Waals surface area contributed by atoms with Crippen LogP contribution in [0.4, 0.5) is 4.79 Å². The van der Waals surface area contributed by atoms with Crippen LogP contribution >= 0.6 is 0 Å². The Morgan fingerprint density at radius 2 is 1.86 bits per heavy atom. The summed E-state index contributed by atoms with van der Waals surface area (Å²) in [6.07, 6.45) is 0.758. The molecule has 1 fully saturated rings. The lowest BCUT2D eigenvalue weighted by Crippen LogP contribution is -2.33. The molecule has 1 aliphatic heterocycles. The molecule has 3 rings (SSSR count). The molecule has 28 heavy (non-hydrogen) atoms. The molecule has 0 saturated carbocycles. The molecule has 1 aliphatic rings. The van der Waals surface area contributed by atoms with Crippen LogP contribution in [0, 0.1) is 0 Å². The van der Waals surface area contributed by atoms with E-state index in [1.807, 2.05) is 30.3 Å². The van der Waals surface area contributed by atoms with Gasteiger partial charge in [-0.1, -0.05) is 18.2 Å². The predicted octanol–water partition coefficient (Wildman–Crippen LogP) is 2.48. The lowest BCUT2D eigenvalue weighted by molar-refractivity contribution is -0.131. The fourth-order valence-corrected chi connectivity index (χ4v) is 3.33. The van der Waals surface area contributed by atoms with Crippen LogP contribution < -0.4 is 4.74 Å². The van der Waals surface area contributed by atoms with Gasteiger partial charge in [0.15, 0.2) is 0 Å². The number of fused-ring (bicyclic) bond motifs is 1. The third-order valence-electron chi connectivity index (χ3n) is 4.96. The predicted molar refractivity (Wildman–Crippen MR) is 106 cm³/mol. The van der Waals surface area contributed by atoms with E-state index in [4.69, 9.17) is 4.74 Å². The van der Waals surface area contributed by atoms with Gasteiger partial charge in [0, 0.05) is 33.6 Å². The van der Waals surface area contributed by atoms with Gasteiger partial charge in [0.1, 0.15) is 12.3 Å². The first-order valence-corrected chi connectivity index (χ1v) is 9.25. The van der Waals surface area contributed by atoms with Gasteiger partial charge in [-0.3, -0.25) is 14.5 Å². The minimum absolute atomic E-state index is 0.0118. The second-order valence-electron chi connectivity index (χ2n) is 7.08. The van der Waals surface area contributed by atoms with Gasteiger partial charge >= 0.3 is 6.03 Å². The van der Waals surface area contributed by atoms with E-state index in [1.165, 1.54) is 9.80 Å². The summed E-state index contributed by atoms with van der Waals surface area (Å²) < 4.78 is 5.24. The summed E-state index contributed by atoms with van der Waals surface area (Å²) in [5.41, 5.74) is 1.04. The highest BCUT2D eigenvalue weighted by Gasteiger charge is 2.32. The first-order valence-electron chi connectivity index (χ1n) is 9.25. The first-order chi connectivity index (χ1) is 13.4. The van der Waals surface area contributed by atoms with Crippen LogP contribution in [0.25, 0.3) is 10.8 Å². The molecular weight excluding hydrogens is 358 g/mol. The van der Waals surface area contributed by atoms with Crippen molar-refractivity contribution in [3.05, 3.63) is 42.0 Å². The molecule has 1 heterocycles. The average Bonchev–Trinajstić information content (AvgIpc) is 2.93. The third kappa shape index (κ3) is 4.24. The smallest absolute Gasteiger partial charge is 0.326 e. The maximum Gasteiger partial charge on any atom is 0.326 e. The summed E-state index contributed by atoms with van der Waals surface area (Å²) in [4.78, 5) is 40.3. The molecule has 0 N–H and O–H groups in total. The van der Waals surface area contributed by atoms with Crippen LogP contribution in [0.5, 0.6) is 5.75 Å². The Hall–Kier alpha value is -3.09. The SMILES string of the molecule is COc1ccc2cc(CN(C)C(=O)CCCN3C(=O)CN(C)C3=O)ccc2c1. The molecule has 0 spiro atoms. The van der Waals surface area contributed by atoms with Crippen LogP contribution in [0.2, 0.25) is 0 Å². The summed E-state index contributed by atoms with van der Waals surface area (Å²) >= 11 is 0. The lowest BCUT2D eigenvalue weighted by atomic mass is 10.1. The Bertz CT molecular complexity index is 912. The molecule has 0 aliphatic carbocycles. The van der Waals surface area contributed by atoms with Crippen molar-refractivity contribution in [3.63, 3.8) is 0 Å². The van der Waals surface area contributed by atoms with E-state index in [0.717, 1.165) is 22.1 Å². The minimum atomic E-state index is -0.293. The van der Waals surface area contributed by atoms with Crippen LogP contribution in [0.1, 0.15) is 18.4 Å². The van der Waals surface area contributed by atoms with E-state index in [-0.39, 0.29) is 30.9 Å². The highest BCUT2D eigenvalue weighted by Crippen LogP contribution is 2.22. The monoisotopic (exact) mass is 383 g/mol. The van der Waals surface area contributed by atoms with Crippen molar-refractivity contribution in [2.45, 2.75) is 19.4 Å². The van der Waals surface area contributed by atoms with Crippen LogP contribution in [-0.2, 0) is 16.1 Å². The fraction of sp³-hybridized carbons (Fsp3) is 0.381. The Kier molecular flexibility index (Phi) is 5.82. The van der Waals surface area contributed by atoms with Crippen LogP contribution in [0.15, 0.2) is 36.4 Å². The van der Waals surface area contributed by atoms with Crippen molar-refractivity contribution >= 4 is 28.6 Å². The van der Waals surface area contributed by atoms with Gasteiger partial charge in [-0.25, -0.2) is 4.79 Å². The number of carbonyl (C=O) groups is 3. The zero-order chi connectivity index (χ0) is 20.3. The zero-order valence-electron chi connectivity index (χ0n) is 16.5. The van der Waals surface area contributed by atoms with Gasteiger partial charge in [-0.15, -0.1) is 0 Å². The van der Waals surface area contributed by atoms with Crippen molar-refractivity contribution in [3.8, 4) is 5.75 Å². The summed E-state index contributed by atoms with van der Waals surface area (Å²) in [5, 5.41) is 2.18. The number of hydrogen-bond donors (Lipinski definition) is 0. The average molecular weight is 383 g/mol. The van der Waals surface area contributed by atoms with Crippen molar-refractivity contribution in [1.82, 2.24) is 14.7 Å². The van der Waals surface area contributed by atoms with Gasteiger partial charge < -0.3 is 14.5 Å². The molecule has 7 nitrogen and oxygen atoms in total. The Labute approximate surface area is 164 Å². The molecule has 7 heteroatoms. The van der Waals surface area contributed by atoms with Crippen molar-refractivity contribution in [2.75, 3.05) is 34.3 Å². The van der Waals surface area contributed by atoms with Gasteiger partial charge in [-0.05, 0) is 41.0 Å². The standard InChI is InChI=1S/C21H25N3O4/c1-22(19(25)5-4-10-24-20(26)14-23(2)21(24)27)13-15-6-7-17-12-18(28-3)9-8-16(17)11-15/h6-9,11-12H,4-5,10,13-14H2,1-3H3. The van der Waals surface area contributed by atoms with Gasteiger partial charge in [0.2, 0.25) is 11.8 Å². The zero-order valence-corrected chi connectivity index (χ0v) is 16.5. The number of urea groups is 1. The second kappa shape index (κ2) is 8.29. The molecule has 0 radical (unpaired) electrons. The number of benzene rings is 2. The molecule has 148 valence electrons. The molecule has 2 aromatic rings. The topological polar surface area (TPSA) is 70.2 Å². The van der Waals surface area contributed by atoms with E-state index in [1.54, 1.807) is 26.1 Å². The van der Waals surface area contributed by atoms with Gasteiger partial charge in [0.05, 0.1) is 7.11 Å². The number of methoxy groups -OCH3 is 1. The lowest BCUT2D eigenvalue weighted by Gasteiger charge is -2.19. The Balaban J connectivity index is 1.53. The fourth-order valence-electron chi connectivity index (χ4n) is 3.33.